The zero-order valence-corrected chi connectivity index (χ0v) is 9.16. The molecule has 1 aromatic rings. The molecular formula is C9H11FINO. The molecule has 0 radical (unpaired) electrons. The molecule has 0 aliphatic rings. The van der Waals surface area contributed by atoms with Crippen LogP contribution < -0.4 is 5.73 Å². The van der Waals surface area contributed by atoms with Crippen LogP contribution >= 0.6 is 22.6 Å². The summed E-state index contributed by atoms with van der Waals surface area (Å²) < 4.78 is 14.1. The molecule has 0 fully saturated rings. The Morgan fingerprint density at radius 3 is 2.77 bits per heavy atom. The molecule has 0 bridgehead atoms. The largest absolute Gasteiger partial charge is 0.396 e. The molecule has 72 valence electrons. The fourth-order valence-corrected chi connectivity index (χ4v) is 2.01. The number of hydrogen-bond acceptors (Lipinski definition) is 2. The summed E-state index contributed by atoms with van der Waals surface area (Å²) in [6.45, 7) is -0.0222. The lowest BCUT2D eigenvalue weighted by atomic mass is 10.0. The van der Waals surface area contributed by atoms with Crippen LogP contribution in [0.15, 0.2) is 18.2 Å². The first-order valence-corrected chi connectivity index (χ1v) is 5.05. The number of aliphatic hydroxyl groups excluding tert-OH is 1. The van der Waals surface area contributed by atoms with Crippen molar-refractivity contribution >= 4 is 22.6 Å². The number of benzene rings is 1. The molecule has 13 heavy (non-hydrogen) atoms. The van der Waals surface area contributed by atoms with Crippen molar-refractivity contribution in [3.8, 4) is 0 Å². The number of nitrogens with two attached hydrogens (primary N) is 1. The standard InChI is InChI=1S/C9H11FINO/c10-6-2-1-3-7(11)9(6)8(12)4-5-13/h1-3,8,13H,4-5,12H2. The molecule has 0 aliphatic heterocycles. The third kappa shape index (κ3) is 2.62. The molecule has 4 heteroatoms. The maximum absolute atomic E-state index is 13.3. The molecule has 0 saturated carbocycles. The predicted octanol–water partition coefficient (Wildman–Crippen LogP) is 1.81. The van der Waals surface area contributed by atoms with E-state index in [4.69, 9.17) is 10.8 Å². The Morgan fingerprint density at radius 1 is 1.54 bits per heavy atom. The van der Waals surface area contributed by atoms with Crippen molar-refractivity contribution in [2.45, 2.75) is 12.5 Å². The van der Waals surface area contributed by atoms with Crippen LogP contribution in [0.4, 0.5) is 4.39 Å². The van der Waals surface area contributed by atoms with E-state index in [0.29, 0.717) is 12.0 Å². The fourth-order valence-electron chi connectivity index (χ4n) is 1.15. The number of rotatable bonds is 3. The Morgan fingerprint density at radius 2 is 2.23 bits per heavy atom. The van der Waals surface area contributed by atoms with E-state index < -0.39 is 6.04 Å². The topological polar surface area (TPSA) is 46.2 Å². The first kappa shape index (κ1) is 10.9. The van der Waals surface area contributed by atoms with Gasteiger partial charge in [-0.2, -0.15) is 0 Å². The number of halogens is 2. The molecule has 1 rings (SSSR count). The average molecular weight is 295 g/mol. The van der Waals surface area contributed by atoms with E-state index in [1.807, 2.05) is 22.6 Å². The zero-order chi connectivity index (χ0) is 9.84. The van der Waals surface area contributed by atoms with Gasteiger partial charge >= 0.3 is 0 Å². The molecule has 0 amide bonds. The van der Waals surface area contributed by atoms with Crippen molar-refractivity contribution in [3.05, 3.63) is 33.1 Å². The molecule has 0 aromatic heterocycles. The van der Waals surface area contributed by atoms with Gasteiger partial charge in [-0.3, -0.25) is 0 Å². The van der Waals surface area contributed by atoms with E-state index in [2.05, 4.69) is 0 Å². The van der Waals surface area contributed by atoms with Crippen LogP contribution in [0, 0.1) is 9.39 Å². The predicted molar refractivity (Wildman–Crippen MR) is 57.7 cm³/mol. The highest BCUT2D eigenvalue weighted by Gasteiger charge is 2.13. The summed E-state index contributed by atoms with van der Waals surface area (Å²) in [5, 5.41) is 8.67. The summed E-state index contributed by atoms with van der Waals surface area (Å²) in [5.74, 6) is -0.298. The second kappa shape index (κ2) is 4.88. The van der Waals surface area contributed by atoms with Crippen LogP contribution in [0.2, 0.25) is 0 Å². The molecule has 2 nitrogen and oxygen atoms in total. The second-order valence-electron chi connectivity index (χ2n) is 2.75. The van der Waals surface area contributed by atoms with Crippen molar-refractivity contribution < 1.29 is 9.50 Å². The van der Waals surface area contributed by atoms with E-state index in [1.54, 1.807) is 12.1 Å². The monoisotopic (exact) mass is 295 g/mol. The summed E-state index contributed by atoms with van der Waals surface area (Å²) in [6, 6.07) is 4.41. The van der Waals surface area contributed by atoms with Crippen molar-refractivity contribution in [3.63, 3.8) is 0 Å². The van der Waals surface area contributed by atoms with Gasteiger partial charge in [-0.05, 0) is 41.1 Å². The maximum Gasteiger partial charge on any atom is 0.129 e. The van der Waals surface area contributed by atoms with Crippen molar-refractivity contribution in [2.24, 2.45) is 5.73 Å². The van der Waals surface area contributed by atoms with Crippen LogP contribution in [0.3, 0.4) is 0 Å². The van der Waals surface area contributed by atoms with Crippen LogP contribution in [-0.2, 0) is 0 Å². The summed E-state index contributed by atoms with van der Waals surface area (Å²) in [6.07, 6.45) is 0.386. The van der Waals surface area contributed by atoms with Gasteiger partial charge in [-0.25, -0.2) is 4.39 Å². The highest BCUT2D eigenvalue weighted by Crippen LogP contribution is 2.23. The van der Waals surface area contributed by atoms with Gasteiger partial charge < -0.3 is 10.8 Å². The number of aliphatic hydroxyl groups is 1. The Bertz CT molecular complexity index is 273. The first-order chi connectivity index (χ1) is 6.16. The molecule has 0 aliphatic carbocycles. The SMILES string of the molecule is NC(CCO)c1c(F)cccc1I. The molecule has 3 N–H and O–H groups in total. The van der Waals surface area contributed by atoms with E-state index >= 15 is 0 Å². The Labute approximate surface area is 90.1 Å². The Hall–Kier alpha value is -0.200. The van der Waals surface area contributed by atoms with Gasteiger partial charge in [-0.15, -0.1) is 0 Å². The lowest BCUT2D eigenvalue weighted by Crippen LogP contribution is -2.15. The Balaban J connectivity index is 2.98. The maximum atomic E-state index is 13.3. The van der Waals surface area contributed by atoms with Crippen molar-refractivity contribution in [1.29, 1.82) is 0 Å². The summed E-state index contributed by atoms with van der Waals surface area (Å²) in [7, 11) is 0. The van der Waals surface area contributed by atoms with E-state index in [9.17, 15) is 4.39 Å². The van der Waals surface area contributed by atoms with Gasteiger partial charge in [0.05, 0.1) is 0 Å². The third-order valence-corrected chi connectivity index (χ3v) is 2.75. The normalized spacial score (nSPS) is 12.9. The van der Waals surface area contributed by atoms with Gasteiger partial charge in [0.1, 0.15) is 5.82 Å². The molecule has 0 saturated heterocycles. The lowest BCUT2D eigenvalue weighted by molar-refractivity contribution is 0.275. The quantitative estimate of drug-likeness (QED) is 0.836. The minimum atomic E-state index is -0.418. The molecule has 1 atom stereocenters. The summed E-state index contributed by atoms with van der Waals surface area (Å²) in [5.41, 5.74) is 6.20. The minimum Gasteiger partial charge on any atom is -0.396 e. The highest BCUT2D eigenvalue weighted by molar-refractivity contribution is 14.1. The van der Waals surface area contributed by atoms with Crippen molar-refractivity contribution in [2.75, 3.05) is 6.61 Å². The van der Waals surface area contributed by atoms with Crippen LogP contribution in [0.1, 0.15) is 18.0 Å². The lowest BCUT2D eigenvalue weighted by Gasteiger charge is -2.13. The average Bonchev–Trinajstić information content (AvgIpc) is 2.04. The molecule has 0 heterocycles. The second-order valence-corrected chi connectivity index (χ2v) is 3.92. The molecule has 1 aromatic carbocycles. The molecule has 0 spiro atoms. The van der Waals surface area contributed by atoms with Gasteiger partial charge in [-0.1, -0.05) is 6.07 Å². The summed E-state index contributed by atoms with van der Waals surface area (Å²) >= 11 is 2.04. The third-order valence-electron chi connectivity index (χ3n) is 1.81. The molecular weight excluding hydrogens is 284 g/mol. The van der Waals surface area contributed by atoms with E-state index in [1.165, 1.54) is 6.07 Å². The van der Waals surface area contributed by atoms with Crippen LogP contribution in [-0.4, -0.2) is 11.7 Å². The highest BCUT2D eigenvalue weighted by atomic mass is 127. The van der Waals surface area contributed by atoms with Gasteiger partial charge in [0.2, 0.25) is 0 Å². The Kier molecular flexibility index (Phi) is 4.08. The minimum absolute atomic E-state index is 0.0222. The molecule has 1 unspecified atom stereocenters. The smallest absolute Gasteiger partial charge is 0.129 e. The zero-order valence-electron chi connectivity index (χ0n) is 7.00. The van der Waals surface area contributed by atoms with Gasteiger partial charge in [0, 0.05) is 21.8 Å². The van der Waals surface area contributed by atoms with Gasteiger partial charge in [0.15, 0.2) is 0 Å². The first-order valence-electron chi connectivity index (χ1n) is 3.97. The van der Waals surface area contributed by atoms with Crippen molar-refractivity contribution in [1.82, 2.24) is 0 Å². The summed E-state index contributed by atoms with van der Waals surface area (Å²) in [4.78, 5) is 0. The van der Waals surface area contributed by atoms with Crippen LogP contribution in [0.5, 0.6) is 0 Å². The number of hydrogen-bond donors (Lipinski definition) is 2. The van der Waals surface area contributed by atoms with E-state index in [0.717, 1.165) is 3.57 Å². The van der Waals surface area contributed by atoms with Crippen LogP contribution in [0.25, 0.3) is 0 Å². The van der Waals surface area contributed by atoms with E-state index in [-0.39, 0.29) is 12.4 Å². The fraction of sp³-hybridized carbons (Fsp3) is 0.333. The van der Waals surface area contributed by atoms with Gasteiger partial charge in [0.25, 0.3) is 0 Å².